The first-order valence-electron chi connectivity index (χ1n) is 8.55. The minimum Gasteiger partial charge on any atom is -0.355 e. The summed E-state index contributed by atoms with van der Waals surface area (Å²) in [6, 6.07) is 12.9. The van der Waals surface area contributed by atoms with Gasteiger partial charge in [-0.3, -0.25) is 4.79 Å². The first-order valence-corrected chi connectivity index (χ1v) is 8.93. The molecule has 140 valence electrons. The number of fused-ring (bicyclic) bond motifs is 1. The number of amides is 1. The summed E-state index contributed by atoms with van der Waals surface area (Å²) in [4.78, 5) is 12.2. The molecular weight excluding hydrogens is 378 g/mol. The second-order valence-corrected chi connectivity index (χ2v) is 6.59. The van der Waals surface area contributed by atoms with E-state index >= 15 is 0 Å². The average Bonchev–Trinajstić information content (AvgIpc) is 3.30. The van der Waals surface area contributed by atoms with Gasteiger partial charge >= 0.3 is 0 Å². The molecule has 0 atom stereocenters. The molecule has 1 amide bonds. The average molecular weight is 394 g/mol. The molecule has 0 aliphatic heterocycles. The van der Waals surface area contributed by atoms with Crippen molar-refractivity contribution in [2.24, 2.45) is 0 Å². The molecule has 2 aromatic carbocycles. The third-order valence-electron chi connectivity index (χ3n) is 4.33. The Bertz CT molecular complexity index is 1180. The summed E-state index contributed by atoms with van der Waals surface area (Å²) < 4.78 is 7.15. The highest BCUT2D eigenvalue weighted by molar-refractivity contribution is 6.30. The van der Waals surface area contributed by atoms with E-state index in [4.69, 9.17) is 16.1 Å². The highest BCUT2D eigenvalue weighted by Gasteiger charge is 2.18. The van der Waals surface area contributed by atoms with Crippen LogP contribution in [0.3, 0.4) is 0 Å². The van der Waals surface area contributed by atoms with E-state index < -0.39 is 0 Å². The fourth-order valence-electron chi connectivity index (χ4n) is 2.90. The van der Waals surface area contributed by atoms with Gasteiger partial charge in [-0.05, 0) is 49.4 Å². The molecule has 0 aliphatic rings. The van der Waals surface area contributed by atoms with Gasteiger partial charge in [0.05, 0.1) is 16.8 Å². The highest BCUT2D eigenvalue weighted by atomic mass is 35.5. The molecule has 2 heterocycles. The Hall–Kier alpha value is -3.45. The molecule has 2 aromatic heterocycles. The zero-order valence-electron chi connectivity index (χ0n) is 15.0. The normalized spacial score (nSPS) is 10.9. The third-order valence-corrected chi connectivity index (χ3v) is 4.58. The van der Waals surface area contributed by atoms with Crippen molar-refractivity contribution in [1.82, 2.24) is 25.5 Å². The van der Waals surface area contributed by atoms with Crippen LogP contribution in [0.15, 0.2) is 59.6 Å². The van der Waals surface area contributed by atoms with E-state index in [2.05, 4.69) is 27.4 Å². The van der Waals surface area contributed by atoms with Gasteiger partial charge < -0.3 is 9.84 Å². The monoisotopic (exact) mass is 393 g/mol. The van der Waals surface area contributed by atoms with Crippen LogP contribution < -0.4 is 5.32 Å². The Balaban J connectivity index is 1.75. The summed E-state index contributed by atoms with van der Waals surface area (Å²) >= 11 is 5.97. The summed E-state index contributed by atoms with van der Waals surface area (Å²) in [5, 5.41) is 16.4. The standard InChI is InChI=1S/C20H16ClN5O2/c1-3-10-22-20(27)18-12(2)26(25-23-18)15-8-9-17-16(11-15)19(28-24-17)13-4-6-14(21)7-5-13/h3-9,11H,1,10H2,2H3,(H,22,27). The molecule has 0 bridgehead atoms. The number of aromatic nitrogens is 4. The van der Waals surface area contributed by atoms with Gasteiger partial charge in [-0.15, -0.1) is 11.7 Å². The summed E-state index contributed by atoms with van der Waals surface area (Å²) in [6.45, 7) is 5.74. The second kappa shape index (κ2) is 7.28. The summed E-state index contributed by atoms with van der Waals surface area (Å²) in [6.07, 6.45) is 1.61. The van der Waals surface area contributed by atoms with E-state index in [1.54, 1.807) is 29.8 Å². The predicted molar refractivity (Wildman–Crippen MR) is 107 cm³/mol. The molecule has 4 rings (SSSR count). The van der Waals surface area contributed by atoms with Crippen LogP contribution in [0, 0.1) is 6.92 Å². The summed E-state index contributed by atoms with van der Waals surface area (Å²) in [7, 11) is 0. The molecule has 0 spiro atoms. The van der Waals surface area contributed by atoms with E-state index in [-0.39, 0.29) is 11.6 Å². The number of carbonyl (C=O) groups is 1. The van der Waals surface area contributed by atoms with Gasteiger partial charge in [-0.2, -0.15) is 0 Å². The smallest absolute Gasteiger partial charge is 0.274 e. The fraction of sp³-hybridized carbons (Fsp3) is 0.100. The topological polar surface area (TPSA) is 85.8 Å². The molecule has 8 heteroatoms. The number of rotatable bonds is 5. The molecule has 0 aliphatic carbocycles. The van der Waals surface area contributed by atoms with Crippen molar-refractivity contribution in [1.29, 1.82) is 0 Å². The van der Waals surface area contributed by atoms with Crippen LogP contribution in [0.2, 0.25) is 5.02 Å². The van der Waals surface area contributed by atoms with Crippen molar-refractivity contribution < 1.29 is 9.32 Å². The Labute approximate surface area is 165 Å². The molecule has 4 aromatic rings. The number of carbonyl (C=O) groups excluding carboxylic acids is 1. The maximum absolute atomic E-state index is 12.2. The number of hydrogen-bond acceptors (Lipinski definition) is 5. The Morgan fingerprint density at radius 1 is 1.29 bits per heavy atom. The molecule has 28 heavy (non-hydrogen) atoms. The predicted octanol–water partition coefficient (Wildman–Crippen LogP) is 3.95. The maximum Gasteiger partial charge on any atom is 0.274 e. The van der Waals surface area contributed by atoms with Crippen LogP contribution in [-0.4, -0.2) is 32.6 Å². The largest absolute Gasteiger partial charge is 0.355 e. The number of nitrogens with one attached hydrogen (secondary N) is 1. The van der Waals surface area contributed by atoms with Crippen LogP contribution in [-0.2, 0) is 0 Å². The van der Waals surface area contributed by atoms with Crippen LogP contribution in [0.25, 0.3) is 27.9 Å². The number of hydrogen-bond donors (Lipinski definition) is 1. The Kier molecular flexibility index (Phi) is 4.67. The van der Waals surface area contributed by atoms with E-state index in [0.717, 1.165) is 22.2 Å². The lowest BCUT2D eigenvalue weighted by atomic mass is 10.1. The lowest BCUT2D eigenvalue weighted by Crippen LogP contribution is -2.24. The molecule has 0 radical (unpaired) electrons. The van der Waals surface area contributed by atoms with Gasteiger partial charge in [0.1, 0.15) is 5.52 Å². The van der Waals surface area contributed by atoms with Gasteiger partial charge in [0.2, 0.25) is 0 Å². The van der Waals surface area contributed by atoms with Crippen molar-refractivity contribution in [2.45, 2.75) is 6.92 Å². The highest BCUT2D eigenvalue weighted by Crippen LogP contribution is 2.31. The molecule has 0 saturated heterocycles. The van der Waals surface area contributed by atoms with Crippen molar-refractivity contribution in [2.75, 3.05) is 6.54 Å². The lowest BCUT2D eigenvalue weighted by Gasteiger charge is -2.04. The van der Waals surface area contributed by atoms with Crippen LogP contribution in [0.1, 0.15) is 16.2 Å². The van der Waals surface area contributed by atoms with E-state index in [1.807, 2.05) is 30.3 Å². The molecule has 7 nitrogen and oxygen atoms in total. The SMILES string of the molecule is C=CCNC(=O)c1nnn(-c2ccc3noc(-c4ccc(Cl)cc4)c3c2)c1C. The maximum atomic E-state index is 12.2. The minimum absolute atomic E-state index is 0.269. The fourth-order valence-corrected chi connectivity index (χ4v) is 3.03. The van der Waals surface area contributed by atoms with Crippen molar-refractivity contribution in [3.8, 4) is 17.0 Å². The molecular formula is C20H16ClN5O2. The first-order chi connectivity index (χ1) is 13.6. The van der Waals surface area contributed by atoms with Gasteiger partial charge in [0, 0.05) is 17.1 Å². The van der Waals surface area contributed by atoms with E-state index in [0.29, 0.717) is 23.0 Å². The molecule has 0 saturated carbocycles. The third kappa shape index (κ3) is 3.16. The molecule has 0 fully saturated rings. The van der Waals surface area contributed by atoms with Crippen molar-refractivity contribution in [3.63, 3.8) is 0 Å². The number of nitrogens with zero attached hydrogens (tertiary/aromatic N) is 4. The minimum atomic E-state index is -0.295. The zero-order chi connectivity index (χ0) is 19.7. The van der Waals surface area contributed by atoms with Gasteiger partial charge in [0.15, 0.2) is 11.5 Å². The number of halogens is 1. The van der Waals surface area contributed by atoms with Crippen LogP contribution >= 0.6 is 11.6 Å². The second-order valence-electron chi connectivity index (χ2n) is 6.15. The lowest BCUT2D eigenvalue weighted by molar-refractivity contribution is 0.0952. The zero-order valence-corrected chi connectivity index (χ0v) is 15.8. The van der Waals surface area contributed by atoms with E-state index in [9.17, 15) is 4.79 Å². The molecule has 1 N–H and O–H groups in total. The van der Waals surface area contributed by atoms with Gasteiger partial charge in [-0.1, -0.05) is 28.0 Å². The quantitative estimate of drug-likeness (QED) is 0.519. The Morgan fingerprint density at radius 3 is 2.82 bits per heavy atom. The van der Waals surface area contributed by atoms with E-state index in [1.165, 1.54) is 0 Å². The van der Waals surface area contributed by atoms with Crippen LogP contribution in [0.4, 0.5) is 0 Å². The Morgan fingerprint density at radius 2 is 2.07 bits per heavy atom. The summed E-state index contributed by atoms with van der Waals surface area (Å²) in [5.41, 5.74) is 3.23. The van der Waals surface area contributed by atoms with Gasteiger partial charge in [0.25, 0.3) is 5.91 Å². The van der Waals surface area contributed by atoms with Gasteiger partial charge in [-0.25, -0.2) is 4.68 Å². The van der Waals surface area contributed by atoms with Crippen LogP contribution in [0.5, 0.6) is 0 Å². The number of benzene rings is 2. The summed E-state index contributed by atoms with van der Waals surface area (Å²) in [5.74, 6) is 0.340. The van der Waals surface area contributed by atoms with Crippen molar-refractivity contribution >= 4 is 28.4 Å². The first kappa shape index (κ1) is 17.9. The van der Waals surface area contributed by atoms with Crippen molar-refractivity contribution in [3.05, 3.63) is 71.5 Å². The molecule has 0 unspecified atom stereocenters.